The lowest BCUT2D eigenvalue weighted by Gasteiger charge is -2.41. The van der Waals surface area contributed by atoms with E-state index < -0.39 is 29.1 Å². The minimum absolute atomic E-state index is 0.00184. The normalized spacial score (nSPS) is 21.4. The summed E-state index contributed by atoms with van der Waals surface area (Å²) in [5, 5.41) is 10.6. The van der Waals surface area contributed by atoms with Crippen LogP contribution in [0.5, 0.6) is 5.75 Å². The molecular weight excluding hydrogens is 575 g/mol. The van der Waals surface area contributed by atoms with E-state index in [0.29, 0.717) is 41.2 Å². The van der Waals surface area contributed by atoms with Crippen LogP contribution < -0.4 is 4.74 Å². The molecule has 218 valence electrons. The molecule has 1 N–H and O–H groups in total. The molecule has 2 amide bonds. The molecule has 1 atom stereocenters. The zero-order valence-electron chi connectivity index (χ0n) is 22.0. The highest BCUT2D eigenvalue weighted by Crippen LogP contribution is 2.43. The Bertz CT molecular complexity index is 1240. The Morgan fingerprint density at radius 2 is 1.70 bits per heavy atom. The summed E-state index contributed by atoms with van der Waals surface area (Å²) in [6.07, 6.45) is -1.93. The van der Waals surface area contributed by atoms with Crippen LogP contribution >= 0.6 is 23.2 Å². The second-order valence-corrected chi connectivity index (χ2v) is 11.6. The molecule has 2 aromatic carbocycles. The summed E-state index contributed by atoms with van der Waals surface area (Å²) in [4.78, 5) is 27.5. The van der Waals surface area contributed by atoms with Gasteiger partial charge in [-0.3, -0.25) is 9.59 Å². The lowest BCUT2D eigenvalue weighted by Crippen LogP contribution is -2.57. The molecule has 0 spiro atoms. The fraction of sp³-hybridized carbons (Fsp3) is 0.500. The molecule has 12 heteroatoms. The third kappa shape index (κ3) is 6.34. The van der Waals surface area contributed by atoms with Crippen molar-refractivity contribution in [1.29, 1.82) is 0 Å². The van der Waals surface area contributed by atoms with Gasteiger partial charge in [0.15, 0.2) is 0 Å². The SMILES string of the molecule is CN(C)C(=O)c1ccc(OC2CC(CC3CCN(C(=O)[C@](O)(c4cc(F)cc(Cl)c4)C(F)(F)F)CC3)C2)cc1Cl. The predicted octanol–water partition coefficient (Wildman–Crippen LogP) is 6.07. The minimum Gasteiger partial charge on any atom is -0.490 e. The Labute approximate surface area is 239 Å². The third-order valence-electron chi connectivity index (χ3n) is 7.64. The number of rotatable bonds is 7. The summed E-state index contributed by atoms with van der Waals surface area (Å²) < 4.78 is 61.7. The molecule has 6 nitrogen and oxygen atoms in total. The van der Waals surface area contributed by atoms with Gasteiger partial charge in [0.25, 0.3) is 17.4 Å². The number of aliphatic hydroxyl groups is 1. The number of halogens is 6. The maximum absolute atomic E-state index is 14.0. The van der Waals surface area contributed by atoms with Crippen molar-refractivity contribution in [2.75, 3.05) is 27.2 Å². The number of nitrogens with zero attached hydrogens (tertiary/aromatic N) is 2. The molecule has 0 unspecified atom stereocenters. The van der Waals surface area contributed by atoms with Crippen molar-refractivity contribution in [3.05, 3.63) is 63.4 Å². The van der Waals surface area contributed by atoms with Crippen LogP contribution in [0.25, 0.3) is 0 Å². The van der Waals surface area contributed by atoms with E-state index in [0.717, 1.165) is 36.3 Å². The first-order chi connectivity index (χ1) is 18.7. The molecular formula is C28H30Cl2F4N2O4. The molecule has 2 aromatic rings. The molecule has 2 fully saturated rings. The number of carbonyl (C=O) groups is 2. The maximum atomic E-state index is 14.0. The first kappa shape index (κ1) is 30.4. The summed E-state index contributed by atoms with van der Waals surface area (Å²) in [6, 6.07) is 7.00. The Balaban J connectivity index is 1.28. The average Bonchev–Trinajstić information content (AvgIpc) is 2.85. The van der Waals surface area contributed by atoms with Gasteiger partial charge in [0.1, 0.15) is 11.6 Å². The third-order valence-corrected chi connectivity index (χ3v) is 8.17. The van der Waals surface area contributed by atoms with Gasteiger partial charge in [-0.25, -0.2) is 4.39 Å². The van der Waals surface area contributed by atoms with Gasteiger partial charge >= 0.3 is 6.18 Å². The number of hydrogen-bond acceptors (Lipinski definition) is 4. The van der Waals surface area contributed by atoms with Crippen molar-refractivity contribution in [3.8, 4) is 5.75 Å². The molecule has 0 bridgehead atoms. The number of carbonyl (C=O) groups excluding carboxylic acids is 2. The van der Waals surface area contributed by atoms with Crippen molar-refractivity contribution in [2.24, 2.45) is 11.8 Å². The number of amides is 2. The Hall–Kier alpha value is -2.56. The fourth-order valence-electron chi connectivity index (χ4n) is 5.38. The quantitative estimate of drug-likeness (QED) is 0.389. The van der Waals surface area contributed by atoms with Gasteiger partial charge in [0, 0.05) is 37.8 Å². The van der Waals surface area contributed by atoms with Crippen LogP contribution in [-0.2, 0) is 10.4 Å². The van der Waals surface area contributed by atoms with E-state index in [2.05, 4.69) is 0 Å². The zero-order valence-corrected chi connectivity index (χ0v) is 23.5. The first-order valence-electron chi connectivity index (χ1n) is 12.9. The number of ether oxygens (including phenoxy) is 1. The van der Waals surface area contributed by atoms with Crippen molar-refractivity contribution in [1.82, 2.24) is 9.80 Å². The largest absolute Gasteiger partial charge is 0.490 e. The highest BCUT2D eigenvalue weighted by Gasteiger charge is 2.62. The van der Waals surface area contributed by atoms with E-state index >= 15 is 0 Å². The molecule has 1 aliphatic carbocycles. The fourth-order valence-corrected chi connectivity index (χ4v) is 5.86. The van der Waals surface area contributed by atoms with E-state index in [1.165, 1.54) is 4.90 Å². The van der Waals surface area contributed by atoms with Crippen molar-refractivity contribution >= 4 is 35.0 Å². The van der Waals surface area contributed by atoms with E-state index in [4.69, 9.17) is 27.9 Å². The second kappa shape index (κ2) is 11.7. The summed E-state index contributed by atoms with van der Waals surface area (Å²) in [6.45, 7) is 0.0994. The lowest BCUT2D eigenvalue weighted by atomic mass is 9.74. The Morgan fingerprint density at radius 3 is 2.25 bits per heavy atom. The number of likely N-dealkylation sites (tertiary alicyclic amines) is 1. The molecule has 1 saturated heterocycles. The standard InChI is InChI=1S/C28H30Cl2F4N2O4/c1-35(2)25(37)23-4-3-21(15-24(23)30)40-22-10-17(11-22)9-16-5-7-36(8-6-16)26(38)27(39,28(32,33)34)18-12-19(29)14-20(31)13-18/h3-4,12-17,22,39H,5-11H2,1-2H3/t17?,22?,27-/m1/s1. The van der Waals surface area contributed by atoms with Crippen LogP contribution in [0.15, 0.2) is 36.4 Å². The van der Waals surface area contributed by atoms with Gasteiger partial charge in [-0.05, 0) is 80.3 Å². The maximum Gasteiger partial charge on any atom is 0.430 e. The van der Waals surface area contributed by atoms with E-state index in [1.807, 2.05) is 0 Å². The molecule has 0 radical (unpaired) electrons. The van der Waals surface area contributed by atoms with Crippen molar-refractivity contribution in [3.63, 3.8) is 0 Å². The average molecular weight is 605 g/mol. The van der Waals surface area contributed by atoms with Gasteiger partial charge in [-0.15, -0.1) is 0 Å². The smallest absolute Gasteiger partial charge is 0.430 e. The minimum atomic E-state index is -5.37. The lowest BCUT2D eigenvalue weighted by molar-refractivity contribution is -0.262. The van der Waals surface area contributed by atoms with Crippen molar-refractivity contribution < 1.29 is 37.0 Å². The topological polar surface area (TPSA) is 70.1 Å². The molecule has 4 rings (SSSR count). The molecule has 40 heavy (non-hydrogen) atoms. The van der Waals surface area contributed by atoms with Gasteiger partial charge in [-0.2, -0.15) is 13.2 Å². The van der Waals surface area contributed by atoms with Crippen LogP contribution in [0.3, 0.4) is 0 Å². The van der Waals surface area contributed by atoms with Gasteiger partial charge in [0.05, 0.1) is 16.7 Å². The molecule has 2 aliphatic rings. The van der Waals surface area contributed by atoms with E-state index in [9.17, 15) is 32.3 Å². The van der Waals surface area contributed by atoms with E-state index in [1.54, 1.807) is 32.3 Å². The monoisotopic (exact) mass is 604 g/mol. The summed E-state index contributed by atoms with van der Waals surface area (Å²) in [7, 11) is 3.29. The second-order valence-electron chi connectivity index (χ2n) is 10.8. The summed E-state index contributed by atoms with van der Waals surface area (Å²) in [5.41, 5.74) is -4.45. The number of benzene rings is 2. The highest BCUT2D eigenvalue weighted by molar-refractivity contribution is 6.34. The molecule has 1 aliphatic heterocycles. The summed E-state index contributed by atoms with van der Waals surface area (Å²) in [5.74, 6) is -1.65. The number of alkyl halides is 3. The molecule has 1 heterocycles. The zero-order chi connectivity index (χ0) is 29.4. The first-order valence-corrected chi connectivity index (χ1v) is 13.7. The molecule has 1 saturated carbocycles. The van der Waals surface area contributed by atoms with Crippen LogP contribution in [0, 0.1) is 17.7 Å². The van der Waals surface area contributed by atoms with Gasteiger partial charge in [0.2, 0.25) is 0 Å². The van der Waals surface area contributed by atoms with E-state index in [-0.39, 0.29) is 36.0 Å². The summed E-state index contributed by atoms with van der Waals surface area (Å²) >= 11 is 12.0. The predicted molar refractivity (Wildman–Crippen MR) is 142 cm³/mol. The van der Waals surface area contributed by atoms with Gasteiger partial charge < -0.3 is 19.6 Å². The van der Waals surface area contributed by atoms with Crippen molar-refractivity contribution in [2.45, 2.75) is 50.0 Å². The Kier molecular flexibility index (Phi) is 8.92. The molecule has 0 aromatic heterocycles. The van der Waals surface area contributed by atoms with Crippen LogP contribution in [0.2, 0.25) is 10.0 Å². The van der Waals surface area contributed by atoms with Crippen LogP contribution in [-0.4, -0.2) is 66.2 Å². The van der Waals surface area contributed by atoms with Gasteiger partial charge in [-0.1, -0.05) is 23.2 Å². The van der Waals surface area contributed by atoms with Crippen LogP contribution in [0.1, 0.15) is 48.0 Å². The Morgan fingerprint density at radius 1 is 1.05 bits per heavy atom. The number of piperidine rings is 1. The van der Waals surface area contributed by atoms with Crippen LogP contribution in [0.4, 0.5) is 17.6 Å². The number of hydrogen-bond donors (Lipinski definition) is 1. The highest BCUT2D eigenvalue weighted by atomic mass is 35.5.